The lowest BCUT2D eigenvalue weighted by Gasteiger charge is -2.10. The zero-order valence-corrected chi connectivity index (χ0v) is 12.9. The Morgan fingerprint density at radius 3 is 2.86 bits per heavy atom. The van der Waals surface area contributed by atoms with Crippen molar-refractivity contribution < 1.29 is 9.18 Å². The number of hydrazine groups is 1. The van der Waals surface area contributed by atoms with Gasteiger partial charge in [-0.1, -0.05) is 12.1 Å². The molecule has 0 spiro atoms. The van der Waals surface area contributed by atoms with Crippen molar-refractivity contribution in [1.82, 2.24) is 21.2 Å². The van der Waals surface area contributed by atoms with Gasteiger partial charge in [0.1, 0.15) is 10.7 Å². The number of hydrogen-bond acceptors (Lipinski definition) is 5. The maximum absolute atomic E-state index is 12.9. The number of thiazole rings is 1. The Hall–Kier alpha value is -1.83. The molecule has 1 amide bonds. The Morgan fingerprint density at radius 1 is 1.41 bits per heavy atom. The van der Waals surface area contributed by atoms with Crippen LogP contribution in [0.2, 0.25) is 0 Å². The Bertz CT molecular complexity index is 658. The summed E-state index contributed by atoms with van der Waals surface area (Å²) < 4.78 is 12.9. The van der Waals surface area contributed by atoms with E-state index in [0.717, 1.165) is 17.0 Å². The summed E-state index contributed by atoms with van der Waals surface area (Å²) in [6, 6.07) is 6.64. The van der Waals surface area contributed by atoms with E-state index in [4.69, 9.17) is 0 Å². The average molecular weight is 320 g/mol. The van der Waals surface area contributed by atoms with E-state index in [2.05, 4.69) is 21.2 Å². The lowest BCUT2D eigenvalue weighted by molar-refractivity contribution is 0.0936. The van der Waals surface area contributed by atoms with E-state index in [0.29, 0.717) is 17.3 Å². The van der Waals surface area contributed by atoms with Gasteiger partial charge in [0.2, 0.25) is 0 Å². The van der Waals surface area contributed by atoms with E-state index in [-0.39, 0.29) is 17.9 Å². The van der Waals surface area contributed by atoms with Gasteiger partial charge in [-0.25, -0.2) is 14.8 Å². The number of rotatable bonds is 4. The number of hydrogen-bond donors (Lipinski definition) is 3. The Kier molecular flexibility index (Phi) is 4.47. The summed E-state index contributed by atoms with van der Waals surface area (Å²) in [5.74, 6) is -0.383. The molecule has 0 aliphatic carbocycles. The summed E-state index contributed by atoms with van der Waals surface area (Å²) in [5, 5.41) is 3.75. The van der Waals surface area contributed by atoms with Crippen LogP contribution < -0.4 is 16.2 Å². The van der Waals surface area contributed by atoms with Gasteiger partial charge in [-0.3, -0.25) is 10.2 Å². The van der Waals surface area contributed by atoms with Crippen LogP contribution in [0.4, 0.5) is 4.39 Å². The second-order valence-corrected chi connectivity index (χ2v) is 6.49. The highest BCUT2D eigenvalue weighted by atomic mass is 32.1. The predicted molar refractivity (Wildman–Crippen MR) is 82.9 cm³/mol. The number of carbonyl (C=O) groups is 1. The number of aromatic nitrogens is 1. The zero-order chi connectivity index (χ0) is 15.5. The van der Waals surface area contributed by atoms with Crippen molar-refractivity contribution in [3.8, 4) is 0 Å². The van der Waals surface area contributed by atoms with E-state index >= 15 is 0 Å². The van der Waals surface area contributed by atoms with Crippen LogP contribution in [-0.4, -0.2) is 23.1 Å². The molecule has 3 N–H and O–H groups in total. The van der Waals surface area contributed by atoms with E-state index in [1.54, 1.807) is 18.3 Å². The first-order chi connectivity index (χ1) is 10.6. The largest absolute Gasteiger partial charge is 0.335 e. The lowest BCUT2D eigenvalue weighted by Crippen LogP contribution is -2.44. The molecule has 1 aliphatic heterocycles. The topological polar surface area (TPSA) is 66.0 Å². The third-order valence-corrected chi connectivity index (χ3v) is 4.44. The van der Waals surface area contributed by atoms with E-state index in [1.807, 2.05) is 6.92 Å². The van der Waals surface area contributed by atoms with Crippen LogP contribution >= 0.6 is 11.3 Å². The summed E-state index contributed by atoms with van der Waals surface area (Å²) in [7, 11) is 0. The van der Waals surface area contributed by atoms with E-state index < -0.39 is 0 Å². The minimum atomic E-state index is -0.255. The molecule has 0 bridgehead atoms. The second-order valence-electron chi connectivity index (χ2n) is 5.37. The van der Waals surface area contributed by atoms with Crippen molar-refractivity contribution in [2.24, 2.45) is 0 Å². The number of nitrogens with zero attached hydrogens (tertiary/aromatic N) is 1. The van der Waals surface area contributed by atoms with Crippen LogP contribution in [0.1, 0.15) is 33.6 Å². The third-order valence-electron chi connectivity index (χ3n) is 3.44. The van der Waals surface area contributed by atoms with Gasteiger partial charge in [0.15, 0.2) is 0 Å². The lowest BCUT2D eigenvalue weighted by atomic mass is 10.2. The monoisotopic (exact) mass is 320 g/mol. The summed E-state index contributed by atoms with van der Waals surface area (Å²) in [6.07, 6.45) is 2.96. The van der Waals surface area contributed by atoms with Crippen LogP contribution in [0.5, 0.6) is 0 Å². The van der Waals surface area contributed by atoms with Gasteiger partial charge >= 0.3 is 0 Å². The molecule has 1 saturated heterocycles. The molecule has 1 fully saturated rings. The fourth-order valence-corrected chi connectivity index (χ4v) is 3.17. The molecule has 2 aromatic rings. The smallest absolute Gasteiger partial charge is 0.264 e. The summed E-state index contributed by atoms with van der Waals surface area (Å²) >= 11 is 1.36. The summed E-state index contributed by atoms with van der Waals surface area (Å²) in [6.45, 7) is 2.05. The fraction of sp³-hybridized carbons (Fsp3) is 0.333. The molecule has 5 nitrogen and oxygen atoms in total. The van der Waals surface area contributed by atoms with Gasteiger partial charge in [0, 0.05) is 12.5 Å². The zero-order valence-electron chi connectivity index (χ0n) is 12.1. The van der Waals surface area contributed by atoms with Gasteiger partial charge in [0.05, 0.1) is 17.4 Å². The molecule has 1 aromatic heterocycles. The quantitative estimate of drug-likeness (QED) is 0.804. The third kappa shape index (κ3) is 3.68. The van der Waals surface area contributed by atoms with Crippen LogP contribution in [0.3, 0.4) is 0 Å². The van der Waals surface area contributed by atoms with E-state index in [9.17, 15) is 9.18 Å². The summed E-state index contributed by atoms with van der Waals surface area (Å²) in [5.41, 5.74) is 7.06. The average Bonchev–Trinajstić information content (AvgIpc) is 3.11. The van der Waals surface area contributed by atoms with Crippen molar-refractivity contribution in [3.05, 3.63) is 51.7 Å². The first kappa shape index (κ1) is 15.1. The molecule has 3 rings (SSSR count). The van der Waals surface area contributed by atoms with Crippen LogP contribution in [0.15, 0.2) is 30.5 Å². The Morgan fingerprint density at radius 2 is 2.18 bits per heavy atom. The molecule has 7 heteroatoms. The Labute approximate surface area is 131 Å². The van der Waals surface area contributed by atoms with Crippen molar-refractivity contribution in [2.45, 2.75) is 32.0 Å². The number of nitrogens with one attached hydrogen (secondary N) is 3. The van der Waals surface area contributed by atoms with Gasteiger partial charge in [-0.2, -0.15) is 0 Å². The van der Waals surface area contributed by atoms with Crippen LogP contribution in [0.25, 0.3) is 0 Å². The van der Waals surface area contributed by atoms with Crippen LogP contribution in [0, 0.1) is 5.82 Å². The number of halogens is 1. The van der Waals surface area contributed by atoms with Gasteiger partial charge in [-0.15, -0.1) is 11.3 Å². The first-order valence-electron chi connectivity index (χ1n) is 7.11. The van der Waals surface area contributed by atoms with Gasteiger partial charge in [0.25, 0.3) is 5.91 Å². The fourth-order valence-electron chi connectivity index (χ4n) is 2.31. The van der Waals surface area contributed by atoms with Crippen molar-refractivity contribution in [3.63, 3.8) is 0 Å². The molecule has 2 atom stereocenters. The molecule has 2 heterocycles. The highest BCUT2D eigenvalue weighted by molar-refractivity contribution is 7.13. The maximum atomic E-state index is 12.9. The van der Waals surface area contributed by atoms with Crippen LogP contribution in [-0.2, 0) is 6.42 Å². The standard InChI is InChI=1S/C15H17FN4OS/c1-9-6-13(20-19-9)18-15(21)12-8-17-14(22-12)7-10-2-4-11(16)5-3-10/h2-5,8-9,13,19-20H,6-7H2,1H3,(H,18,21). The molecule has 116 valence electrons. The molecular formula is C15H17FN4OS. The van der Waals surface area contributed by atoms with E-state index in [1.165, 1.54) is 23.5 Å². The van der Waals surface area contributed by atoms with Crippen molar-refractivity contribution in [2.75, 3.05) is 0 Å². The normalized spacial score (nSPS) is 21.0. The molecule has 1 aromatic carbocycles. The van der Waals surface area contributed by atoms with Gasteiger partial charge < -0.3 is 5.32 Å². The highest BCUT2D eigenvalue weighted by Crippen LogP contribution is 2.17. The first-order valence-corrected chi connectivity index (χ1v) is 7.93. The SMILES string of the molecule is CC1CC(NC(=O)c2cnc(Cc3ccc(F)cc3)s2)NN1. The molecule has 0 saturated carbocycles. The van der Waals surface area contributed by atoms with Gasteiger partial charge in [-0.05, 0) is 31.0 Å². The second kappa shape index (κ2) is 6.51. The summed E-state index contributed by atoms with van der Waals surface area (Å²) in [4.78, 5) is 17.0. The molecule has 2 unspecified atom stereocenters. The maximum Gasteiger partial charge on any atom is 0.264 e. The number of amides is 1. The Balaban J connectivity index is 1.60. The molecule has 0 radical (unpaired) electrons. The molecule has 22 heavy (non-hydrogen) atoms. The molecule has 1 aliphatic rings. The minimum absolute atomic E-state index is 0.0647. The van der Waals surface area contributed by atoms with Crippen molar-refractivity contribution >= 4 is 17.2 Å². The number of benzene rings is 1. The highest BCUT2D eigenvalue weighted by Gasteiger charge is 2.22. The van der Waals surface area contributed by atoms with Crippen molar-refractivity contribution in [1.29, 1.82) is 0 Å². The predicted octanol–water partition coefficient (Wildman–Crippen LogP) is 1.82. The minimum Gasteiger partial charge on any atom is -0.335 e. The number of carbonyl (C=O) groups excluding carboxylic acids is 1. The molecular weight excluding hydrogens is 303 g/mol.